The third-order valence-corrected chi connectivity index (χ3v) is 3.10. The monoisotopic (exact) mass is 320 g/mol. The van der Waals surface area contributed by atoms with Crippen LogP contribution < -0.4 is 0 Å². The van der Waals surface area contributed by atoms with E-state index in [2.05, 4.69) is 0 Å². The molecule has 0 fully saturated rings. The molecule has 1 N–H and O–H groups in total. The van der Waals surface area contributed by atoms with Crippen molar-refractivity contribution >= 4 is 5.97 Å². The molecule has 0 spiro atoms. The van der Waals surface area contributed by atoms with Crippen LogP contribution in [0.15, 0.2) is 12.1 Å². The van der Waals surface area contributed by atoms with Crippen LogP contribution in [0.3, 0.4) is 0 Å². The van der Waals surface area contributed by atoms with Gasteiger partial charge in [0.15, 0.2) is 23.3 Å². The number of benzene rings is 2. The number of aromatic carboxylic acids is 1. The molecule has 8 heteroatoms. The van der Waals surface area contributed by atoms with E-state index in [1.807, 2.05) is 0 Å². The first-order valence-electron chi connectivity index (χ1n) is 5.72. The highest BCUT2D eigenvalue weighted by molar-refractivity contribution is 5.90. The van der Waals surface area contributed by atoms with Gasteiger partial charge in [0.05, 0.1) is 11.1 Å². The van der Waals surface area contributed by atoms with Crippen LogP contribution in [0.4, 0.5) is 26.3 Å². The van der Waals surface area contributed by atoms with Gasteiger partial charge in [0.25, 0.3) is 0 Å². The minimum absolute atomic E-state index is 0.492. The van der Waals surface area contributed by atoms with Crippen molar-refractivity contribution in [1.29, 1.82) is 0 Å². The second-order valence-corrected chi connectivity index (χ2v) is 4.35. The van der Waals surface area contributed by atoms with Crippen LogP contribution in [0.2, 0.25) is 0 Å². The van der Waals surface area contributed by atoms with Crippen LogP contribution in [-0.2, 0) is 0 Å². The van der Waals surface area contributed by atoms with E-state index in [1.54, 1.807) is 0 Å². The van der Waals surface area contributed by atoms with Gasteiger partial charge in [-0.2, -0.15) is 0 Å². The molecule has 2 aromatic carbocycles. The largest absolute Gasteiger partial charge is 0.478 e. The van der Waals surface area contributed by atoms with E-state index in [0.717, 1.165) is 13.0 Å². The van der Waals surface area contributed by atoms with Gasteiger partial charge in [-0.1, -0.05) is 6.07 Å². The summed E-state index contributed by atoms with van der Waals surface area (Å²) in [5.74, 6) is -14.1. The first-order valence-corrected chi connectivity index (χ1v) is 5.72. The maximum Gasteiger partial charge on any atom is 0.336 e. The Bertz CT molecular complexity index is 772. The SMILES string of the molecule is Cc1c(C(=O)O)ccc(-c2c(F)c(F)c(F)c(F)c2F)c1F. The molecule has 2 rings (SSSR count). The van der Waals surface area contributed by atoms with Crippen molar-refractivity contribution in [3.63, 3.8) is 0 Å². The normalized spacial score (nSPS) is 10.9. The van der Waals surface area contributed by atoms with Gasteiger partial charge in [-0.25, -0.2) is 31.1 Å². The molecule has 0 amide bonds. The molecule has 0 bridgehead atoms. The molecule has 2 nitrogen and oxygen atoms in total. The van der Waals surface area contributed by atoms with Gasteiger partial charge >= 0.3 is 5.97 Å². The molecule has 0 atom stereocenters. The number of carbonyl (C=O) groups is 1. The average Bonchev–Trinajstić information content (AvgIpc) is 2.47. The van der Waals surface area contributed by atoms with Crippen LogP contribution in [-0.4, -0.2) is 11.1 Å². The molecule has 0 aromatic heterocycles. The number of hydrogen-bond acceptors (Lipinski definition) is 1. The minimum atomic E-state index is -2.36. The van der Waals surface area contributed by atoms with Gasteiger partial charge in [-0.15, -0.1) is 0 Å². The van der Waals surface area contributed by atoms with Crippen molar-refractivity contribution in [2.24, 2.45) is 0 Å². The Kier molecular flexibility index (Phi) is 3.87. The molecule has 0 aliphatic rings. The summed E-state index contributed by atoms with van der Waals surface area (Å²) in [6, 6.07) is 1.46. The van der Waals surface area contributed by atoms with Crippen LogP contribution in [0.1, 0.15) is 15.9 Å². The molecule has 0 radical (unpaired) electrons. The zero-order valence-corrected chi connectivity index (χ0v) is 10.8. The van der Waals surface area contributed by atoms with E-state index in [4.69, 9.17) is 5.11 Å². The molecule has 22 heavy (non-hydrogen) atoms. The minimum Gasteiger partial charge on any atom is -0.478 e. The Morgan fingerprint density at radius 3 is 1.73 bits per heavy atom. The summed E-state index contributed by atoms with van der Waals surface area (Å²) in [5.41, 5.74) is -3.36. The zero-order chi connectivity index (χ0) is 16.8. The van der Waals surface area contributed by atoms with Crippen LogP contribution in [0, 0.1) is 41.8 Å². The Hall–Kier alpha value is -2.51. The van der Waals surface area contributed by atoms with Gasteiger partial charge in [0, 0.05) is 5.56 Å². The van der Waals surface area contributed by atoms with E-state index >= 15 is 0 Å². The van der Waals surface area contributed by atoms with Gasteiger partial charge < -0.3 is 5.11 Å². The van der Waals surface area contributed by atoms with Crippen LogP contribution in [0.25, 0.3) is 11.1 Å². The maximum atomic E-state index is 14.1. The molecule has 116 valence electrons. The van der Waals surface area contributed by atoms with E-state index in [-0.39, 0.29) is 0 Å². The van der Waals surface area contributed by atoms with E-state index in [9.17, 15) is 31.1 Å². The summed E-state index contributed by atoms with van der Waals surface area (Å²) in [4.78, 5) is 10.8. The van der Waals surface area contributed by atoms with E-state index < -0.39 is 63.1 Å². The molecular weight excluding hydrogens is 314 g/mol. The number of carboxylic acid groups (broad SMARTS) is 1. The second kappa shape index (κ2) is 5.36. The highest BCUT2D eigenvalue weighted by atomic mass is 19.2. The molecular formula is C14H6F6O2. The lowest BCUT2D eigenvalue weighted by Crippen LogP contribution is -2.07. The fraction of sp³-hybridized carbons (Fsp3) is 0.0714. The highest BCUT2D eigenvalue weighted by Crippen LogP contribution is 2.34. The van der Waals surface area contributed by atoms with Crippen LogP contribution in [0.5, 0.6) is 0 Å². The molecule has 0 heterocycles. The number of hydrogen-bond donors (Lipinski definition) is 1. The van der Waals surface area contributed by atoms with Crippen molar-refractivity contribution in [2.45, 2.75) is 6.92 Å². The third kappa shape index (κ3) is 2.20. The smallest absolute Gasteiger partial charge is 0.336 e. The summed E-state index contributed by atoms with van der Waals surface area (Å²) in [6.45, 7) is 1.01. The Labute approximate surface area is 119 Å². The van der Waals surface area contributed by atoms with E-state index in [0.29, 0.717) is 6.07 Å². The fourth-order valence-corrected chi connectivity index (χ4v) is 1.95. The first-order chi connectivity index (χ1) is 10.2. The number of halogens is 6. The lowest BCUT2D eigenvalue weighted by atomic mass is 9.97. The number of rotatable bonds is 2. The fourth-order valence-electron chi connectivity index (χ4n) is 1.95. The Morgan fingerprint density at radius 2 is 1.27 bits per heavy atom. The lowest BCUT2D eigenvalue weighted by Gasteiger charge is -2.12. The molecule has 2 aromatic rings. The topological polar surface area (TPSA) is 37.3 Å². The van der Waals surface area contributed by atoms with Crippen molar-refractivity contribution < 1.29 is 36.2 Å². The third-order valence-electron chi connectivity index (χ3n) is 3.10. The summed E-state index contributed by atoms with van der Waals surface area (Å²) in [5, 5.41) is 8.80. The molecule has 0 saturated carbocycles. The van der Waals surface area contributed by atoms with Crippen molar-refractivity contribution in [3.05, 3.63) is 58.2 Å². The predicted octanol–water partition coefficient (Wildman–Crippen LogP) is 4.19. The molecule has 0 unspecified atom stereocenters. The Balaban J connectivity index is 2.85. The first kappa shape index (κ1) is 15.9. The molecule has 0 saturated heterocycles. The van der Waals surface area contributed by atoms with Gasteiger partial charge in [0.2, 0.25) is 5.82 Å². The van der Waals surface area contributed by atoms with Gasteiger partial charge in [0.1, 0.15) is 5.82 Å². The van der Waals surface area contributed by atoms with Gasteiger partial charge in [-0.3, -0.25) is 0 Å². The summed E-state index contributed by atoms with van der Waals surface area (Å²) < 4.78 is 80.7. The Morgan fingerprint density at radius 1 is 0.818 bits per heavy atom. The van der Waals surface area contributed by atoms with Crippen LogP contribution >= 0.6 is 0 Å². The van der Waals surface area contributed by atoms with Crippen molar-refractivity contribution in [1.82, 2.24) is 0 Å². The van der Waals surface area contributed by atoms with Crippen molar-refractivity contribution in [3.8, 4) is 11.1 Å². The number of carboxylic acids is 1. The lowest BCUT2D eigenvalue weighted by molar-refractivity contribution is 0.0695. The quantitative estimate of drug-likeness (QED) is 0.512. The summed E-state index contributed by atoms with van der Waals surface area (Å²) >= 11 is 0. The maximum absolute atomic E-state index is 14.1. The summed E-state index contributed by atoms with van der Waals surface area (Å²) in [7, 11) is 0. The van der Waals surface area contributed by atoms with Crippen molar-refractivity contribution in [2.75, 3.05) is 0 Å². The summed E-state index contributed by atoms with van der Waals surface area (Å²) in [6.07, 6.45) is 0. The highest BCUT2D eigenvalue weighted by Gasteiger charge is 2.29. The predicted molar refractivity (Wildman–Crippen MR) is 63.3 cm³/mol. The second-order valence-electron chi connectivity index (χ2n) is 4.35. The molecule has 0 aliphatic carbocycles. The average molecular weight is 320 g/mol. The van der Waals surface area contributed by atoms with Gasteiger partial charge in [-0.05, 0) is 18.6 Å². The molecule has 0 aliphatic heterocycles. The van der Waals surface area contributed by atoms with E-state index in [1.165, 1.54) is 0 Å². The zero-order valence-electron chi connectivity index (χ0n) is 10.8. The standard InChI is InChI=1S/C14H6F6O2/c1-4-5(14(21)22)2-3-6(8(4)15)7-9(16)11(18)13(20)12(19)10(7)17/h2-3H,1H3,(H,21,22).